The summed E-state index contributed by atoms with van der Waals surface area (Å²) in [6.45, 7) is 3.48. The van der Waals surface area contributed by atoms with Crippen LogP contribution < -0.4 is 5.32 Å². The van der Waals surface area contributed by atoms with Crippen LogP contribution in [0, 0.1) is 0 Å². The number of hydrogen-bond donors (Lipinski definition) is 1. The molecule has 0 aromatic heterocycles. The number of aryl methyl sites for hydroxylation is 1. The van der Waals surface area contributed by atoms with E-state index in [2.05, 4.69) is 30.4 Å². The van der Waals surface area contributed by atoms with E-state index < -0.39 is 0 Å². The molecule has 1 N–H and O–H groups in total. The van der Waals surface area contributed by atoms with Gasteiger partial charge in [-0.1, -0.05) is 31.5 Å². The standard InChI is InChI=1S/C15H21N/c1-2-14-13-9-5-8-11-6-3-4-7-12(10-16-14)15(11)13/h5,8-9,12,14,16H,2-4,6-7,10H2,1H3. The Hall–Kier alpha value is -0.820. The van der Waals surface area contributed by atoms with Crippen molar-refractivity contribution in [3.8, 4) is 0 Å². The van der Waals surface area contributed by atoms with Crippen LogP contribution in [0.25, 0.3) is 0 Å². The van der Waals surface area contributed by atoms with Crippen molar-refractivity contribution in [2.45, 2.75) is 51.0 Å². The second-order valence-corrected chi connectivity index (χ2v) is 5.23. The summed E-state index contributed by atoms with van der Waals surface area (Å²) < 4.78 is 0. The molecule has 2 unspecified atom stereocenters. The summed E-state index contributed by atoms with van der Waals surface area (Å²) >= 11 is 0. The molecule has 2 aliphatic rings. The van der Waals surface area contributed by atoms with Crippen molar-refractivity contribution in [3.05, 3.63) is 34.9 Å². The van der Waals surface area contributed by atoms with E-state index in [1.807, 2.05) is 0 Å². The van der Waals surface area contributed by atoms with Crippen molar-refractivity contribution in [2.75, 3.05) is 6.54 Å². The van der Waals surface area contributed by atoms with Crippen molar-refractivity contribution in [3.63, 3.8) is 0 Å². The van der Waals surface area contributed by atoms with Gasteiger partial charge < -0.3 is 5.32 Å². The van der Waals surface area contributed by atoms with Crippen molar-refractivity contribution >= 4 is 0 Å². The van der Waals surface area contributed by atoms with Crippen molar-refractivity contribution in [1.82, 2.24) is 5.32 Å². The minimum absolute atomic E-state index is 0.601. The molecule has 86 valence electrons. The third kappa shape index (κ3) is 1.58. The van der Waals surface area contributed by atoms with E-state index in [1.165, 1.54) is 38.6 Å². The fourth-order valence-corrected chi connectivity index (χ4v) is 3.47. The van der Waals surface area contributed by atoms with Crippen LogP contribution in [-0.4, -0.2) is 6.54 Å². The van der Waals surface area contributed by atoms with E-state index >= 15 is 0 Å². The zero-order valence-corrected chi connectivity index (χ0v) is 10.1. The molecule has 1 heterocycles. The van der Waals surface area contributed by atoms with Crippen LogP contribution in [0.5, 0.6) is 0 Å². The first kappa shape index (κ1) is 10.3. The lowest BCUT2D eigenvalue weighted by atomic mass is 9.82. The van der Waals surface area contributed by atoms with Crippen LogP contribution in [0.15, 0.2) is 18.2 Å². The van der Waals surface area contributed by atoms with E-state index in [1.54, 1.807) is 16.7 Å². The zero-order chi connectivity index (χ0) is 11.0. The molecule has 0 bridgehead atoms. The summed E-state index contributed by atoms with van der Waals surface area (Å²) in [4.78, 5) is 0. The summed E-state index contributed by atoms with van der Waals surface area (Å²) in [7, 11) is 0. The lowest BCUT2D eigenvalue weighted by molar-refractivity contribution is 0.429. The maximum absolute atomic E-state index is 3.71. The fraction of sp³-hybridized carbons (Fsp3) is 0.600. The zero-order valence-electron chi connectivity index (χ0n) is 10.1. The highest BCUT2D eigenvalue weighted by atomic mass is 14.9. The van der Waals surface area contributed by atoms with Gasteiger partial charge >= 0.3 is 0 Å². The lowest BCUT2D eigenvalue weighted by Gasteiger charge is -2.33. The van der Waals surface area contributed by atoms with Crippen molar-refractivity contribution in [1.29, 1.82) is 0 Å². The molecule has 0 radical (unpaired) electrons. The van der Waals surface area contributed by atoms with Crippen LogP contribution >= 0.6 is 0 Å². The molecule has 1 aliphatic carbocycles. The number of rotatable bonds is 1. The highest BCUT2D eigenvalue weighted by molar-refractivity contribution is 5.42. The third-order valence-electron chi connectivity index (χ3n) is 4.28. The van der Waals surface area contributed by atoms with Crippen molar-refractivity contribution < 1.29 is 0 Å². The molecule has 1 aromatic carbocycles. The molecule has 16 heavy (non-hydrogen) atoms. The van der Waals surface area contributed by atoms with E-state index in [0.29, 0.717) is 6.04 Å². The van der Waals surface area contributed by atoms with Gasteiger partial charge in [-0.2, -0.15) is 0 Å². The minimum Gasteiger partial charge on any atom is -0.309 e. The summed E-state index contributed by atoms with van der Waals surface area (Å²) in [5.41, 5.74) is 4.95. The van der Waals surface area contributed by atoms with Crippen LogP contribution in [0.3, 0.4) is 0 Å². The summed E-state index contributed by atoms with van der Waals surface area (Å²) in [6.07, 6.45) is 6.67. The second kappa shape index (κ2) is 4.21. The van der Waals surface area contributed by atoms with Gasteiger partial charge in [0, 0.05) is 12.6 Å². The van der Waals surface area contributed by atoms with Gasteiger partial charge in [-0.25, -0.2) is 0 Å². The monoisotopic (exact) mass is 215 g/mol. The van der Waals surface area contributed by atoms with E-state index in [9.17, 15) is 0 Å². The van der Waals surface area contributed by atoms with Gasteiger partial charge in [-0.05, 0) is 48.3 Å². The Balaban J connectivity index is 2.11. The lowest BCUT2D eigenvalue weighted by Crippen LogP contribution is -2.33. The molecule has 1 aromatic rings. The topological polar surface area (TPSA) is 12.0 Å². The van der Waals surface area contributed by atoms with Crippen LogP contribution in [0.4, 0.5) is 0 Å². The maximum atomic E-state index is 3.71. The highest BCUT2D eigenvalue weighted by Gasteiger charge is 2.28. The minimum atomic E-state index is 0.601. The molecular formula is C15H21N. The summed E-state index contributed by atoms with van der Waals surface area (Å²) in [6, 6.07) is 7.56. The smallest absolute Gasteiger partial charge is 0.0320 e. The summed E-state index contributed by atoms with van der Waals surface area (Å²) in [5.74, 6) is 0.788. The molecule has 0 spiro atoms. The van der Waals surface area contributed by atoms with Gasteiger partial charge in [0.1, 0.15) is 0 Å². The van der Waals surface area contributed by atoms with Gasteiger partial charge in [0.2, 0.25) is 0 Å². The number of nitrogens with one attached hydrogen (secondary N) is 1. The van der Waals surface area contributed by atoms with Crippen LogP contribution in [-0.2, 0) is 6.42 Å². The highest BCUT2D eigenvalue weighted by Crippen LogP contribution is 2.39. The Bertz CT molecular complexity index is 383. The van der Waals surface area contributed by atoms with Crippen LogP contribution in [0.2, 0.25) is 0 Å². The molecule has 1 aliphatic heterocycles. The first-order valence-corrected chi connectivity index (χ1v) is 6.75. The number of benzene rings is 1. The molecule has 0 saturated heterocycles. The molecule has 2 atom stereocenters. The molecular weight excluding hydrogens is 194 g/mol. The van der Waals surface area contributed by atoms with Crippen molar-refractivity contribution in [2.24, 2.45) is 0 Å². The Morgan fingerprint density at radius 1 is 1.31 bits per heavy atom. The Labute approximate surface area is 98.3 Å². The van der Waals surface area contributed by atoms with E-state index in [-0.39, 0.29) is 0 Å². The van der Waals surface area contributed by atoms with Gasteiger partial charge in [-0.15, -0.1) is 0 Å². The molecule has 0 fully saturated rings. The Morgan fingerprint density at radius 2 is 2.25 bits per heavy atom. The van der Waals surface area contributed by atoms with Gasteiger partial charge in [0.05, 0.1) is 0 Å². The first-order chi connectivity index (χ1) is 7.90. The Kier molecular flexibility index (Phi) is 2.72. The van der Waals surface area contributed by atoms with Gasteiger partial charge in [0.25, 0.3) is 0 Å². The SMILES string of the molecule is CCC1NCC2CCCCc3cccc1c32. The molecule has 1 nitrogen and oxygen atoms in total. The van der Waals surface area contributed by atoms with E-state index in [0.717, 1.165) is 5.92 Å². The molecule has 1 heteroatoms. The third-order valence-corrected chi connectivity index (χ3v) is 4.28. The molecule has 3 rings (SSSR count). The quantitative estimate of drug-likeness (QED) is 0.755. The predicted molar refractivity (Wildman–Crippen MR) is 67.8 cm³/mol. The Morgan fingerprint density at radius 3 is 3.12 bits per heavy atom. The average molecular weight is 215 g/mol. The summed E-state index contributed by atoms with van der Waals surface area (Å²) in [5, 5.41) is 3.71. The largest absolute Gasteiger partial charge is 0.309 e. The van der Waals surface area contributed by atoms with E-state index in [4.69, 9.17) is 0 Å². The predicted octanol–water partition coefficient (Wildman–Crippen LogP) is 3.55. The first-order valence-electron chi connectivity index (χ1n) is 6.75. The normalized spacial score (nSPS) is 28.3. The molecule has 0 amide bonds. The fourth-order valence-electron chi connectivity index (χ4n) is 3.47. The second-order valence-electron chi connectivity index (χ2n) is 5.23. The number of hydrogen-bond acceptors (Lipinski definition) is 1. The van der Waals surface area contributed by atoms with Gasteiger partial charge in [0.15, 0.2) is 0 Å². The van der Waals surface area contributed by atoms with Gasteiger partial charge in [-0.3, -0.25) is 0 Å². The molecule has 0 saturated carbocycles. The average Bonchev–Trinajstić information content (AvgIpc) is 2.54. The maximum Gasteiger partial charge on any atom is 0.0320 e. The van der Waals surface area contributed by atoms with Crippen LogP contribution in [0.1, 0.15) is 61.3 Å².